The summed E-state index contributed by atoms with van der Waals surface area (Å²) in [6.07, 6.45) is 11.3. The van der Waals surface area contributed by atoms with Crippen LogP contribution in [0.2, 0.25) is 0 Å². The molecule has 3 aliphatic carbocycles. The lowest BCUT2D eigenvalue weighted by Crippen LogP contribution is -2.45. The molecule has 4 atom stereocenters. The molecular formula is C20H32O3. The van der Waals surface area contributed by atoms with E-state index in [1.165, 1.54) is 18.4 Å². The van der Waals surface area contributed by atoms with E-state index in [1.54, 1.807) is 0 Å². The molecular weight excluding hydrogens is 288 g/mol. The number of carbonyl (C=O) groups is 1. The minimum atomic E-state index is -0.433. The zero-order chi connectivity index (χ0) is 16.7. The molecule has 0 spiro atoms. The molecule has 3 nitrogen and oxygen atoms in total. The van der Waals surface area contributed by atoms with E-state index < -0.39 is 11.0 Å². The summed E-state index contributed by atoms with van der Waals surface area (Å²) in [5.74, 6) is 0.572. The van der Waals surface area contributed by atoms with E-state index in [4.69, 9.17) is 4.74 Å². The van der Waals surface area contributed by atoms with E-state index in [2.05, 4.69) is 6.08 Å². The van der Waals surface area contributed by atoms with Gasteiger partial charge in [-0.2, -0.15) is 0 Å². The highest BCUT2D eigenvalue weighted by Gasteiger charge is 2.58. The molecule has 130 valence electrons. The summed E-state index contributed by atoms with van der Waals surface area (Å²) in [7, 11) is 0. The van der Waals surface area contributed by atoms with Gasteiger partial charge in [0.2, 0.25) is 0 Å². The summed E-state index contributed by atoms with van der Waals surface area (Å²) in [4.78, 5) is 12.9. The molecule has 0 saturated heterocycles. The third kappa shape index (κ3) is 2.86. The van der Waals surface area contributed by atoms with Crippen LogP contribution in [0.1, 0.15) is 78.6 Å². The van der Waals surface area contributed by atoms with Gasteiger partial charge < -0.3 is 9.84 Å². The Kier molecular flexibility index (Phi) is 4.61. The van der Waals surface area contributed by atoms with Crippen molar-refractivity contribution in [2.75, 3.05) is 0 Å². The van der Waals surface area contributed by atoms with E-state index in [1.807, 2.05) is 20.8 Å². The fourth-order valence-corrected chi connectivity index (χ4v) is 4.85. The average molecular weight is 320 g/mol. The number of hydrogen-bond acceptors (Lipinski definition) is 3. The van der Waals surface area contributed by atoms with Crippen LogP contribution in [-0.2, 0) is 9.53 Å². The Hall–Kier alpha value is -0.830. The number of aliphatic hydroxyl groups is 1. The van der Waals surface area contributed by atoms with Gasteiger partial charge in [-0.25, -0.2) is 0 Å². The van der Waals surface area contributed by atoms with Gasteiger partial charge in [-0.05, 0) is 83.1 Å². The molecule has 0 amide bonds. The highest BCUT2D eigenvalue weighted by molar-refractivity contribution is 5.76. The maximum Gasteiger partial charge on any atom is 0.312 e. The smallest absolute Gasteiger partial charge is 0.312 e. The van der Waals surface area contributed by atoms with Crippen LogP contribution in [0.5, 0.6) is 0 Å². The first kappa shape index (κ1) is 17.0. The van der Waals surface area contributed by atoms with Gasteiger partial charge in [0.25, 0.3) is 0 Å². The molecule has 0 heterocycles. The monoisotopic (exact) mass is 320 g/mol. The highest BCUT2D eigenvalue weighted by Crippen LogP contribution is 2.56. The number of ether oxygens (including phenoxy) is 1. The largest absolute Gasteiger partial charge is 0.454 e. The molecule has 0 bridgehead atoms. The van der Waals surface area contributed by atoms with Gasteiger partial charge in [-0.15, -0.1) is 0 Å². The van der Waals surface area contributed by atoms with Gasteiger partial charge in [0.1, 0.15) is 5.60 Å². The van der Waals surface area contributed by atoms with Gasteiger partial charge >= 0.3 is 5.97 Å². The second-order valence-electron chi connectivity index (χ2n) is 8.45. The van der Waals surface area contributed by atoms with Crippen molar-refractivity contribution in [3.63, 3.8) is 0 Å². The van der Waals surface area contributed by atoms with Crippen molar-refractivity contribution in [3.05, 3.63) is 11.6 Å². The normalized spacial score (nSPS) is 37.4. The van der Waals surface area contributed by atoms with Gasteiger partial charge in [-0.3, -0.25) is 4.79 Å². The molecule has 0 radical (unpaired) electrons. The molecule has 2 fully saturated rings. The molecule has 3 heteroatoms. The van der Waals surface area contributed by atoms with Crippen LogP contribution >= 0.6 is 0 Å². The Bertz CT molecular complexity index is 493. The van der Waals surface area contributed by atoms with Gasteiger partial charge in [0, 0.05) is 5.92 Å². The van der Waals surface area contributed by atoms with Crippen LogP contribution in [0.25, 0.3) is 0 Å². The number of esters is 1. The summed E-state index contributed by atoms with van der Waals surface area (Å²) in [6.45, 7) is 6.01. The van der Waals surface area contributed by atoms with Crippen molar-refractivity contribution in [1.29, 1.82) is 0 Å². The van der Waals surface area contributed by atoms with Crippen molar-refractivity contribution in [1.82, 2.24) is 0 Å². The molecule has 4 unspecified atom stereocenters. The second kappa shape index (κ2) is 6.23. The Balaban J connectivity index is 1.92. The van der Waals surface area contributed by atoms with Gasteiger partial charge in [-0.1, -0.05) is 13.0 Å². The van der Waals surface area contributed by atoms with E-state index >= 15 is 0 Å². The summed E-state index contributed by atoms with van der Waals surface area (Å²) >= 11 is 0. The minimum Gasteiger partial charge on any atom is -0.454 e. The summed E-state index contributed by atoms with van der Waals surface area (Å²) in [5.41, 5.74) is 0.495. The average Bonchev–Trinajstić information content (AvgIpc) is 3.10. The maximum atomic E-state index is 12.9. The number of rotatable bonds is 4. The standard InChI is InChI=1S/C20H32O3/c1-4-19(2,3)18(22)23-20(14-8-6-5-7-9-14)13-12-15-16(20)10-11-17(15)21/h8,15-17,21H,4-7,9-13H2,1-3H3. The van der Waals surface area contributed by atoms with Crippen LogP contribution in [-0.4, -0.2) is 22.8 Å². The highest BCUT2D eigenvalue weighted by atomic mass is 16.6. The first-order valence-electron chi connectivity index (χ1n) is 9.52. The van der Waals surface area contributed by atoms with Gasteiger partial charge in [0.15, 0.2) is 0 Å². The summed E-state index contributed by atoms with van der Waals surface area (Å²) in [6, 6.07) is 0. The number of fused-ring (bicyclic) bond motifs is 1. The summed E-state index contributed by atoms with van der Waals surface area (Å²) in [5, 5.41) is 10.3. The Morgan fingerprint density at radius 2 is 2.13 bits per heavy atom. The van der Waals surface area contributed by atoms with E-state index in [0.717, 1.165) is 44.9 Å². The molecule has 3 rings (SSSR count). The lowest BCUT2D eigenvalue weighted by atomic mass is 9.76. The predicted octanol–water partition coefficient (Wildman–Crippen LogP) is 4.39. The molecule has 0 aliphatic heterocycles. The van der Waals surface area contributed by atoms with E-state index in [-0.39, 0.29) is 12.1 Å². The Morgan fingerprint density at radius 3 is 2.78 bits per heavy atom. The lowest BCUT2D eigenvalue weighted by Gasteiger charge is -2.40. The van der Waals surface area contributed by atoms with Crippen LogP contribution in [0, 0.1) is 17.3 Å². The maximum absolute atomic E-state index is 12.9. The number of carbonyl (C=O) groups excluding carboxylic acids is 1. The number of hydrogen-bond donors (Lipinski definition) is 1. The van der Waals surface area contributed by atoms with Crippen LogP contribution in [0.3, 0.4) is 0 Å². The minimum absolute atomic E-state index is 0.0616. The van der Waals surface area contributed by atoms with E-state index in [9.17, 15) is 9.90 Å². The fourth-order valence-electron chi connectivity index (χ4n) is 4.85. The van der Waals surface area contributed by atoms with E-state index in [0.29, 0.717) is 11.8 Å². The summed E-state index contributed by atoms with van der Waals surface area (Å²) < 4.78 is 6.34. The third-order valence-corrected chi connectivity index (χ3v) is 6.78. The number of aliphatic hydroxyl groups excluding tert-OH is 1. The second-order valence-corrected chi connectivity index (χ2v) is 8.45. The molecule has 0 aromatic rings. The van der Waals surface area contributed by atoms with Crippen molar-refractivity contribution in [2.24, 2.45) is 17.3 Å². The first-order valence-corrected chi connectivity index (χ1v) is 9.52. The zero-order valence-corrected chi connectivity index (χ0v) is 14.9. The lowest BCUT2D eigenvalue weighted by molar-refractivity contribution is -0.171. The molecule has 1 N–H and O–H groups in total. The van der Waals surface area contributed by atoms with Crippen molar-refractivity contribution in [3.8, 4) is 0 Å². The molecule has 23 heavy (non-hydrogen) atoms. The van der Waals surface area contributed by atoms with Crippen LogP contribution < -0.4 is 0 Å². The topological polar surface area (TPSA) is 46.5 Å². The van der Waals surface area contributed by atoms with Crippen molar-refractivity contribution >= 4 is 5.97 Å². The SMILES string of the molecule is CCC(C)(C)C(=O)OC1(C2=CCCCC2)CCC2C(O)CCC21. The van der Waals surface area contributed by atoms with Crippen molar-refractivity contribution < 1.29 is 14.6 Å². The predicted molar refractivity (Wildman–Crippen MR) is 90.9 cm³/mol. The quantitative estimate of drug-likeness (QED) is 0.617. The molecule has 0 aromatic carbocycles. The number of allylic oxidation sites excluding steroid dienone is 1. The van der Waals surface area contributed by atoms with Crippen LogP contribution in [0.15, 0.2) is 11.6 Å². The zero-order valence-electron chi connectivity index (χ0n) is 14.9. The van der Waals surface area contributed by atoms with Crippen molar-refractivity contribution in [2.45, 2.75) is 90.3 Å². The first-order chi connectivity index (χ1) is 10.9. The van der Waals surface area contributed by atoms with Gasteiger partial charge in [0.05, 0.1) is 11.5 Å². The molecule has 3 aliphatic rings. The Labute approximate surface area is 140 Å². The Morgan fingerprint density at radius 1 is 1.35 bits per heavy atom. The van der Waals surface area contributed by atoms with Crippen LogP contribution in [0.4, 0.5) is 0 Å². The molecule has 2 saturated carbocycles. The third-order valence-electron chi connectivity index (χ3n) is 6.78. The fraction of sp³-hybridized carbons (Fsp3) is 0.850. The molecule has 0 aromatic heterocycles.